The number of anilines is 1. The predicted octanol–water partition coefficient (Wildman–Crippen LogP) is 3.66. The van der Waals surface area contributed by atoms with E-state index in [1.807, 2.05) is 71.0 Å². The van der Waals surface area contributed by atoms with E-state index in [2.05, 4.69) is 5.32 Å². The number of nitrogens with one attached hydrogen (secondary N) is 1. The summed E-state index contributed by atoms with van der Waals surface area (Å²) >= 11 is 0. The molecule has 1 atom stereocenters. The van der Waals surface area contributed by atoms with Gasteiger partial charge in [0.15, 0.2) is 0 Å². The molecule has 1 unspecified atom stereocenters. The van der Waals surface area contributed by atoms with Crippen LogP contribution in [-0.2, 0) is 32.6 Å². The first-order valence-electron chi connectivity index (χ1n) is 11.7. The molecule has 186 valence electrons. The third-order valence-electron chi connectivity index (χ3n) is 5.61. The van der Waals surface area contributed by atoms with Crippen LogP contribution in [0.2, 0.25) is 0 Å². The van der Waals surface area contributed by atoms with Crippen LogP contribution >= 0.6 is 0 Å². The summed E-state index contributed by atoms with van der Waals surface area (Å²) in [6.07, 6.45) is 2.12. The molecule has 1 N–H and O–H groups in total. The maximum atomic E-state index is 13.7. The number of sulfonamides is 1. The van der Waals surface area contributed by atoms with Crippen LogP contribution in [0.25, 0.3) is 0 Å². The van der Waals surface area contributed by atoms with Gasteiger partial charge in [-0.25, -0.2) is 8.42 Å². The minimum Gasteiger partial charge on any atom is -0.352 e. The van der Waals surface area contributed by atoms with Crippen molar-refractivity contribution in [3.63, 3.8) is 0 Å². The molecule has 0 radical (unpaired) electrons. The molecule has 0 aromatic heterocycles. The van der Waals surface area contributed by atoms with Crippen molar-refractivity contribution in [3.05, 3.63) is 65.2 Å². The Balaban J connectivity index is 2.47. The highest BCUT2D eigenvalue weighted by atomic mass is 32.2. The van der Waals surface area contributed by atoms with E-state index in [1.165, 1.54) is 4.90 Å². The number of rotatable bonds is 11. The molecule has 2 aromatic rings. The lowest BCUT2D eigenvalue weighted by Gasteiger charge is -2.33. The SMILES string of the molecule is CCc1ccccc1N(CC(=O)N(Cc1ccc(C)cc1)C(CC)C(=O)NC(C)C)S(C)(=O)=O. The average Bonchev–Trinajstić information content (AvgIpc) is 2.77. The molecule has 0 spiro atoms. The molecule has 8 heteroatoms. The van der Waals surface area contributed by atoms with Gasteiger partial charge in [-0.15, -0.1) is 0 Å². The van der Waals surface area contributed by atoms with Gasteiger partial charge < -0.3 is 10.2 Å². The van der Waals surface area contributed by atoms with Crippen molar-refractivity contribution >= 4 is 27.5 Å². The summed E-state index contributed by atoms with van der Waals surface area (Å²) in [5.41, 5.74) is 3.27. The van der Waals surface area contributed by atoms with Crippen molar-refractivity contribution in [2.75, 3.05) is 17.1 Å². The van der Waals surface area contributed by atoms with Gasteiger partial charge in [0.05, 0.1) is 11.9 Å². The number of benzene rings is 2. The number of aryl methyl sites for hydroxylation is 2. The standard InChI is InChI=1S/C26H37N3O4S/c1-7-22-11-9-10-12-24(22)29(34(6,32)33)18-25(30)28(17-21-15-13-20(5)14-16-21)23(8-2)26(31)27-19(3)4/h9-16,19,23H,7-8,17-18H2,1-6H3,(H,27,31). The minimum absolute atomic E-state index is 0.0816. The number of amides is 2. The second-order valence-electron chi connectivity index (χ2n) is 8.85. The van der Waals surface area contributed by atoms with Gasteiger partial charge in [0, 0.05) is 12.6 Å². The van der Waals surface area contributed by atoms with E-state index in [0.717, 1.165) is 27.3 Å². The second kappa shape index (κ2) is 12.0. The Hall–Kier alpha value is -2.87. The van der Waals surface area contributed by atoms with E-state index < -0.39 is 22.0 Å². The summed E-state index contributed by atoms with van der Waals surface area (Å²) in [5, 5.41) is 2.89. The molecule has 0 fully saturated rings. The maximum Gasteiger partial charge on any atom is 0.244 e. The summed E-state index contributed by atoms with van der Waals surface area (Å²) in [6, 6.07) is 14.1. The molecule has 7 nitrogen and oxygen atoms in total. The molecule has 0 saturated carbocycles. The Kier molecular flexibility index (Phi) is 9.67. The molecule has 0 aliphatic heterocycles. The Morgan fingerprint density at radius 3 is 2.15 bits per heavy atom. The lowest BCUT2D eigenvalue weighted by Crippen LogP contribution is -2.53. The number of para-hydroxylation sites is 1. The molecule has 2 aromatic carbocycles. The molecular formula is C26H37N3O4S. The molecular weight excluding hydrogens is 450 g/mol. The third-order valence-corrected chi connectivity index (χ3v) is 6.74. The average molecular weight is 488 g/mol. The van der Waals surface area contributed by atoms with Gasteiger partial charge in [0.25, 0.3) is 0 Å². The smallest absolute Gasteiger partial charge is 0.244 e. The topological polar surface area (TPSA) is 86.8 Å². The zero-order chi connectivity index (χ0) is 25.5. The monoisotopic (exact) mass is 487 g/mol. The van der Waals surface area contributed by atoms with Gasteiger partial charge in [-0.3, -0.25) is 13.9 Å². The zero-order valence-electron chi connectivity index (χ0n) is 21.0. The van der Waals surface area contributed by atoms with Crippen molar-refractivity contribution in [1.29, 1.82) is 0 Å². The van der Waals surface area contributed by atoms with E-state index in [1.54, 1.807) is 12.1 Å². The van der Waals surface area contributed by atoms with E-state index in [9.17, 15) is 18.0 Å². The summed E-state index contributed by atoms with van der Waals surface area (Å²) in [7, 11) is -3.74. The highest BCUT2D eigenvalue weighted by Crippen LogP contribution is 2.24. The summed E-state index contributed by atoms with van der Waals surface area (Å²) in [4.78, 5) is 28.2. The molecule has 0 saturated heterocycles. The fraction of sp³-hybridized carbons (Fsp3) is 0.462. The number of nitrogens with zero attached hydrogens (tertiary/aromatic N) is 2. The molecule has 0 aliphatic carbocycles. The summed E-state index contributed by atoms with van der Waals surface area (Å²) in [5.74, 6) is -0.680. The Labute approximate surface area is 204 Å². The molecule has 0 bridgehead atoms. The third kappa shape index (κ3) is 7.32. The van der Waals surface area contributed by atoms with Crippen LogP contribution in [0.15, 0.2) is 48.5 Å². The van der Waals surface area contributed by atoms with Gasteiger partial charge in [0.2, 0.25) is 21.8 Å². The van der Waals surface area contributed by atoms with Crippen molar-refractivity contribution < 1.29 is 18.0 Å². The van der Waals surface area contributed by atoms with E-state index in [4.69, 9.17) is 0 Å². The van der Waals surface area contributed by atoms with Crippen LogP contribution < -0.4 is 9.62 Å². The summed E-state index contributed by atoms with van der Waals surface area (Å²) < 4.78 is 26.6. The van der Waals surface area contributed by atoms with Crippen LogP contribution in [0.1, 0.15) is 50.8 Å². The second-order valence-corrected chi connectivity index (χ2v) is 10.8. The number of carbonyl (C=O) groups is 2. The van der Waals surface area contributed by atoms with Crippen molar-refractivity contribution in [3.8, 4) is 0 Å². The fourth-order valence-corrected chi connectivity index (χ4v) is 4.72. The van der Waals surface area contributed by atoms with E-state index >= 15 is 0 Å². The number of hydrogen-bond donors (Lipinski definition) is 1. The first-order chi connectivity index (χ1) is 16.0. The lowest BCUT2D eigenvalue weighted by molar-refractivity contribution is -0.140. The van der Waals surface area contributed by atoms with Crippen LogP contribution in [0, 0.1) is 6.92 Å². The Morgan fingerprint density at radius 2 is 1.62 bits per heavy atom. The number of hydrogen-bond acceptors (Lipinski definition) is 4. The van der Waals surface area contributed by atoms with Crippen molar-refractivity contribution in [2.24, 2.45) is 0 Å². The molecule has 34 heavy (non-hydrogen) atoms. The maximum absolute atomic E-state index is 13.7. The van der Waals surface area contributed by atoms with E-state index in [-0.39, 0.29) is 25.0 Å². The fourth-order valence-electron chi connectivity index (χ4n) is 3.84. The predicted molar refractivity (Wildman–Crippen MR) is 137 cm³/mol. The molecule has 0 heterocycles. The quantitative estimate of drug-likeness (QED) is 0.524. The Bertz CT molecular complexity index is 1080. The molecule has 2 amide bonds. The normalized spacial score (nSPS) is 12.3. The first-order valence-corrected chi connectivity index (χ1v) is 13.5. The lowest BCUT2D eigenvalue weighted by atomic mass is 10.1. The Morgan fingerprint density at radius 1 is 1.00 bits per heavy atom. The highest BCUT2D eigenvalue weighted by molar-refractivity contribution is 7.92. The molecule has 2 rings (SSSR count). The van der Waals surface area contributed by atoms with Crippen molar-refractivity contribution in [2.45, 2.75) is 66.1 Å². The van der Waals surface area contributed by atoms with E-state index in [0.29, 0.717) is 18.5 Å². The van der Waals surface area contributed by atoms with Crippen LogP contribution in [0.5, 0.6) is 0 Å². The zero-order valence-corrected chi connectivity index (χ0v) is 21.9. The highest BCUT2D eigenvalue weighted by Gasteiger charge is 2.32. The first kappa shape index (κ1) is 27.4. The van der Waals surface area contributed by atoms with Gasteiger partial charge in [-0.05, 0) is 50.8 Å². The van der Waals surface area contributed by atoms with Gasteiger partial charge in [-0.1, -0.05) is 61.9 Å². The van der Waals surface area contributed by atoms with Gasteiger partial charge >= 0.3 is 0 Å². The van der Waals surface area contributed by atoms with Gasteiger partial charge in [0.1, 0.15) is 12.6 Å². The number of carbonyl (C=O) groups excluding carboxylic acids is 2. The van der Waals surface area contributed by atoms with Crippen LogP contribution in [-0.4, -0.2) is 50.0 Å². The van der Waals surface area contributed by atoms with Gasteiger partial charge in [-0.2, -0.15) is 0 Å². The minimum atomic E-state index is -3.74. The van der Waals surface area contributed by atoms with Crippen LogP contribution in [0.4, 0.5) is 5.69 Å². The largest absolute Gasteiger partial charge is 0.352 e. The van der Waals surface area contributed by atoms with Crippen molar-refractivity contribution in [1.82, 2.24) is 10.2 Å². The van der Waals surface area contributed by atoms with Crippen LogP contribution in [0.3, 0.4) is 0 Å². The molecule has 0 aliphatic rings. The summed E-state index contributed by atoms with van der Waals surface area (Å²) in [6.45, 7) is 9.32.